The fourth-order valence-corrected chi connectivity index (χ4v) is 12.6. The van der Waals surface area contributed by atoms with Gasteiger partial charge in [-0.15, -0.1) is 11.3 Å². The van der Waals surface area contributed by atoms with E-state index in [1.807, 2.05) is 230 Å². The van der Waals surface area contributed by atoms with E-state index in [2.05, 4.69) is 138 Å². The van der Waals surface area contributed by atoms with Crippen molar-refractivity contribution in [3.8, 4) is 22.6 Å². The Morgan fingerprint density at radius 1 is 0.293 bits per heavy atom. The highest BCUT2D eigenvalue weighted by Crippen LogP contribution is 2.36. The number of rotatable bonds is 12. The Morgan fingerprint density at radius 2 is 0.838 bits per heavy atom. The van der Waals surface area contributed by atoms with E-state index < -0.39 is 0 Å². The van der Waals surface area contributed by atoms with Crippen molar-refractivity contribution < 1.29 is 22.1 Å². The molecule has 19 aromatic rings. The number of nitrogens with zero attached hydrogens (tertiary/aromatic N) is 5. The quantitative estimate of drug-likeness (QED) is 0.106. The second-order valence-corrected chi connectivity index (χ2v) is 24.2. The maximum atomic E-state index is 5.91. The molecule has 0 unspecified atom stereocenters. The van der Waals surface area contributed by atoms with Gasteiger partial charge in [0.05, 0.1) is 5.69 Å². The van der Waals surface area contributed by atoms with E-state index in [0.717, 1.165) is 125 Å². The van der Waals surface area contributed by atoms with Crippen molar-refractivity contribution in [1.29, 1.82) is 0 Å². The molecule has 13 nitrogen and oxygen atoms in total. The minimum absolute atomic E-state index is 0.611. The molecule has 6 heterocycles. The van der Waals surface area contributed by atoms with Gasteiger partial charge in [-0.3, -0.25) is 0 Å². The zero-order valence-corrected chi connectivity index (χ0v) is 54.2. The molecule has 99 heavy (non-hydrogen) atoms. The van der Waals surface area contributed by atoms with Crippen LogP contribution in [-0.2, 0) is 12.8 Å². The SMILES string of the molecule is c1cc(Nc2ccc3ncoc3c2)c2ocnc2c1.c1cc(Nc2cccc(-c3nc4ccccc4o3)c2)cc(-c2ccc3ocnc3c2)c1.c1ccc(Cc2ccc3c(c2)sc2ccccc23)cc1.c1ccc(Cc2nc3ccccc3o2)cc1.c1ccc(Nc2ccccc2)cc1. The summed E-state index contributed by atoms with van der Waals surface area (Å²) in [5.41, 5.74) is 21.3. The molecule has 13 aromatic carbocycles. The van der Waals surface area contributed by atoms with Crippen LogP contribution in [0.4, 0.5) is 34.1 Å². The minimum atomic E-state index is 0.611. The van der Waals surface area contributed by atoms with Gasteiger partial charge in [-0.05, 0) is 162 Å². The first kappa shape index (κ1) is 62.0. The summed E-state index contributed by atoms with van der Waals surface area (Å²) in [5, 5.41) is 12.8. The van der Waals surface area contributed by atoms with Gasteiger partial charge in [-0.1, -0.05) is 182 Å². The van der Waals surface area contributed by atoms with E-state index in [0.29, 0.717) is 5.89 Å². The molecule has 6 aromatic heterocycles. The lowest BCUT2D eigenvalue weighted by Gasteiger charge is -2.09. The molecule has 19 rings (SSSR count). The summed E-state index contributed by atoms with van der Waals surface area (Å²) in [5.74, 6) is 1.38. The second kappa shape index (κ2) is 29.6. The zero-order valence-electron chi connectivity index (χ0n) is 53.4. The van der Waals surface area contributed by atoms with E-state index >= 15 is 0 Å². The van der Waals surface area contributed by atoms with Crippen LogP contribution in [0.5, 0.6) is 0 Å². The Hall–Kier alpha value is -13.2. The van der Waals surface area contributed by atoms with Crippen LogP contribution in [0.3, 0.4) is 0 Å². The monoisotopic (exact) mass is 1310 g/mol. The number of anilines is 6. The van der Waals surface area contributed by atoms with E-state index in [1.165, 1.54) is 56.0 Å². The normalized spacial score (nSPS) is 10.9. The van der Waals surface area contributed by atoms with Gasteiger partial charge in [0.2, 0.25) is 5.89 Å². The van der Waals surface area contributed by atoms with Crippen LogP contribution in [0.1, 0.15) is 22.6 Å². The molecule has 478 valence electrons. The Balaban J connectivity index is 0.000000104. The summed E-state index contributed by atoms with van der Waals surface area (Å²) in [6, 6.07) is 106. The average Bonchev–Trinajstić information content (AvgIpc) is 1.66. The second-order valence-electron chi connectivity index (χ2n) is 23.2. The molecular weight excluding hydrogens is 1250 g/mol. The molecule has 0 aliphatic heterocycles. The molecule has 0 saturated carbocycles. The van der Waals surface area contributed by atoms with Crippen LogP contribution in [-0.4, -0.2) is 24.9 Å². The molecular formula is C85H62N8O5S. The van der Waals surface area contributed by atoms with Gasteiger partial charge in [0, 0.05) is 66.7 Å². The summed E-state index contributed by atoms with van der Waals surface area (Å²) in [6.07, 6.45) is 6.10. The Labute approximate surface area is 573 Å². The first-order chi connectivity index (χ1) is 49.0. The molecule has 14 heteroatoms. The molecule has 0 radical (unpaired) electrons. The summed E-state index contributed by atoms with van der Waals surface area (Å²) in [7, 11) is 0. The van der Waals surface area contributed by atoms with Crippen molar-refractivity contribution in [2.24, 2.45) is 0 Å². The van der Waals surface area contributed by atoms with Crippen LogP contribution in [0, 0.1) is 0 Å². The van der Waals surface area contributed by atoms with Crippen LogP contribution >= 0.6 is 11.3 Å². The molecule has 0 atom stereocenters. The van der Waals surface area contributed by atoms with Crippen LogP contribution in [0.25, 0.3) is 98.3 Å². The number of para-hydroxylation sites is 7. The number of hydrogen-bond donors (Lipinski definition) is 3. The Morgan fingerprint density at radius 3 is 1.58 bits per heavy atom. The first-order valence-electron chi connectivity index (χ1n) is 32.3. The Bertz CT molecular complexity index is 5680. The predicted molar refractivity (Wildman–Crippen MR) is 401 cm³/mol. The third-order valence-corrected chi connectivity index (χ3v) is 17.4. The van der Waals surface area contributed by atoms with Gasteiger partial charge >= 0.3 is 0 Å². The van der Waals surface area contributed by atoms with Gasteiger partial charge in [-0.2, -0.15) is 0 Å². The molecule has 0 amide bonds. The maximum Gasteiger partial charge on any atom is 0.227 e. The lowest BCUT2D eigenvalue weighted by molar-refractivity contribution is 0.544. The number of thiophene rings is 1. The van der Waals surface area contributed by atoms with E-state index in [-0.39, 0.29) is 0 Å². The molecule has 0 fully saturated rings. The lowest BCUT2D eigenvalue weighted by atomic mass is 10.0. The number of oxazole rings is 5. The van der Waals surface area contributed by atoms with Gasteiger partial charge in [0.25, 0.3) is 0 Å². The molecule has 3 N–H and O–H groups in total. The van der Waals surface area contributed by atoms with Gasteiger partial charge in [-0.25, -0.2) is 24.9 Å². The van der Waals surface area contributed by atoms with Crippen molar-refractivity contribution in [3.63, 3.8) is 0 Å². The van der Waals surface area contributed by atoms with Gasteiger partial charge in [0.1, 0.15) is 27.6 Å². The highest BCUT2D eigenvalue weighted by atomic mass is 32.1. The first-order valence-corrected chi connectivity index (χ1v) is 33.1. The number of nitrogens with one attached hydrogen (secondary N) is 3. The summed E-state index contributed by atoms with van der Waals surface area (Å²) < 4.78 is 30.3. The number of fused-ring (bicyclic) bond motifs is 8. The molecule has 0 aliphatic rings. The smallest absolute Gasteiger partial charge is 0.227 e. The number of benzene rings is 13. The maximum absolute atomic E-state index is 5.91. The largest absolute Gasteiger partial charge is 0.443 e. The van der Waals surface area contributed by atoms with Crippen LogP contribution in [0.2, 0.25) is 0 Å². The topological polar surface area (TPSA) is 166 Å². The summed E-state index contributed by atoms with van der Waals surface area (Å²) in [4.78, 5) is 21.5. The predicted octanol–water partition coefficient (Wildman–Crippen LogP) is 23.3. The summed E-state index contributed by atoms with van der Waals surface area (Å²) >= 11 is 1.89. The number of hydrogen-bond acceptors (Lipinski definition) is 14. The zero-order chi connectivity index (χ0) is 66.4. The highest BCUT2D eigenvalue weighted by Gasteiger charge is 2.12. The van der Waals surface area contributed by atoms with Crippen LogP contribution in [0.15, 0.2) is 357 Å². The molecule has 0 spiro atoms. The van der Waals surface area contributed by atoms with Crippen molar-refractivity contribution in [3.05, 3.63) is 357 Å². The van der Waals surface area contributed by atoms with Crippen molar-refractivity contribution in [1.82, 2.24) is 24.9 Å². The van der Waals surface area contributed by atoms with Gasteiger partial charge < -0.3 is 38.0 Å². The van der Waals surface area contributed by atoms with E-state index in [4.69, 9.17) is 22.1 Å². The fourth-order valence-electron chi connectivity index (χ4n) is 11.5. The minimum Gasteiger partial charge on any atom is -0.443 e. The third-order valence-electron chi connectivity index (χ3n) is 16.3. The van der Waals surface area contributed by atoms with Crippen molar-refractivity contribution in [2.75, 3.05) is 16.0 Å². The van der Waals surface area contributed by atoms with Gasteiger partial charge in [0.15, 0.2) is 53.0 Å². The van der Waals surface area contributed by atoms with Crippen molar-refractivity contribution in [2.45, 2.75) is 12.8 Å². The number of aromatic nitrogens is 5. The fraction of sp³-hybridized carbons (Fsp3) is 0.0235. The standard InChI is InChI=1S/C26H17N3O2.C19H14S.C14H9N3O2.C14H11NO.C12H11N/c1-2-10-25-22(9-1)29-26(31-25)19-6-4-8-21(14-19)28-20-7-3-5-17(13-20)18-11-12-24-23(15-18)27-16-30-24;1-2-6-14(7-3-1)12-15-10-11-17-16-8-4-5-9-18(16)20-19(17)13-15;1-2-11-14(19-8-16-11)12(3-1)17-9-4-5-10-13(6-9)18-7-15-10;1-2-6-11(7-3-1)10-14-15-12-8-4-5-9-13(12)16-14;1-3-7-11(8-4-1)13-12-9-5-2-6-10-12/h1-16,28H;1-11,13H,12H2;1-8,17H;1-9H,10H2;1-10,13H. The molecule has 0 saturated heterocycles. The van der Waals surface area contributed by atoms with E-state index in [9.17, 15) is 0 Å². The Kier molecular flexibility index (Phi) is 18.6. The van der Waals surface area contributed by atoms with Crippen LogP contribution < -0.4 is 16.0 Å². The van der Waals surface area contributed by atoms with E-state index in [1.54, 1.807) is 0 Å². The molecule has 0 aliphatic carbocycles. The lowest BCUT2D eigenvalue weighted by Crippen LogP contribution is -1.91. The average molecular weight is 1310 g/mol. The van der Waals surface area contributed by atoms with Crippen molar-refractivity contribution >= 4 is 121 Å². The summed E-state index contributed by atoms with van der Waals surface area (Å²) in [6.45, 7) is 0. The highest BCUT2D eigenvalue weighted by molar-refractivity contribution is 7.25. The molecule has 0 bridgehead atoms. The third kappa shape index (κ3) is 15.3.